The predicted octanol–water partition coefficient (Wildman–Crippen LogP) is 5.50. The number of aliphatic hydroxyl groups is 1. The number of carboxylic acids is 1. The van der Waals surface area contributed by atoms with Crippen LogP contribution < -0.4 is 9.89 Å². The number of aromatic carboxylic acids is 1. The number of rotatable bonds is 8. The van der Waals surface area contributed by atoms with E-state index >= 15 is 0 Å². The van der Waals surface area contributed by atoms with Crippen molar-refractivity contribution in [3.63, 3.8) is 0 Å². The Bertz CT molecular complexity index is 1560. The Kier molecular flexibility index (Phi) is 8.52. The molecule has 0 saturated heterocycles. The van der Waals surface area contributed by atoms with Crippen LogP contribution in [0.1, 0.15) is 71.3 Å². The monoisotopic (exact) mass is 566 g/mol. The molecule has 0 radical (unpaired) electrons. The van der Waals surface area contributed by atoms with Crippen LogP contribution in [0.2, 0.25) is 0 Å². The van der Waals surface area contributed by atoms with Crippen LogP contribution in [-0.2, 0) is 6.42 Å². The molecule has 0 saturated carbocycles. The number of nitro groups is 1. The quantitative estimate of drug-likeness (QED) is 0.144. The van der Waals surface area contributed by atoms with Crippen LogP contribution in [0.4, 0.5) is 11.4 Å². The zero-order valence-corrected chi connectivity index (χ0v) is 23.9. The lowest BCUT2D eigenvalue weighted by Gasteiger charge is -2.35. The van der Waals surface area contributed by atoms with E-state index in [1.165, 1.54) is 23.3 Å². The number of benzene rings is 3. The molecule has 3 aromatic carbocycles. The van der Waals surface area contributed by atoms with Crippen molar-refractivity contribution >= 4 is 23.2 Å². The van der Waals surface area contributed by atoms with Gasteiger partial charge in [-0.15, -0.1) is 0 Å². The summed E-state index contributed by atoms with van der Waals surface area (Å²) in [5.41, 5.74) is 6.62. The highest BCUT2D eigenvalue weighted by Gasteiger charge is 2.28. The molecule has 2 aliphatic rings. The molecule has 216 valence electrons. The van der Waals surface area contributed by atoms with E-state index in [1.807, 2.05) is 31.2 Å². The molecule has 1 heterocycles. The first-order valence-electron chi connectivity index (χ1n) is 14.3. The largest absolute Gasteiger partial charge is 0.478 e. The molecular formula is C34H36N3O5+. The van der Waals surface area contributed by atoms with Crippen LogP contribution >= 0.6 is 0 Å². The van der Waals surface area contributed by atoms with Gasteiger partial charge in [0.2, 0.25) is 0 Å². The van der Waals surface area contributed by atoms with Gasteiger partial charge in [0.15, 0.2) is 6.04 Å². The molecule has 0 fully saturated rings. The highest BCUT2D eigenvalue weighted by molar-refractivity contribution is 5.89. The third-order valence-corrected chi connectivity index (χ3v) is 8.34. The Labute approximate surface area is 245 Å². The fourth-order valence-corrected chi connectivity index (χ4v) is 6.08. The van der Waals surface area contributed by atoms with E-state index in [2.05, 4.69) is 41.1 Å². The van der Waals surface area contributed by atoms with Crippen LogP contribution in [0.3, 0.4) is 0 Å². The van der Waals surface area contributed by atoms with Crippen molar-refractivity contribution in [3.8, 4) is 0 Å². The second kappa shape index (κ2) is 12.4. The molecule has 3 N–H and O–H groups in total. The number of nitrogens with zero attached hydrogens (tertiary/aromatic N) is 2. The fraction of sp³-hybridized carbons (Fsp3) is 0.294. The highest BCUT2D eigenvalue weighted by atomic mass is 16.6. The first-order chi connectivity index (χ1) is 20.2. The van der Waals surface area contributed by atoms with Crippen LogP contribution in [0, 0.1) is 16.0 Å². The summed E-state index contributed by atoms with van der Waals surface area (Å²) in [5.74, 6) is -0.310. The maximum Gasteiger partial charge on any atom is 0.366 e. The van der Waals surface area contributed by atoms with Gasteiger partial charge in [0.05, 0.1) is 16.1 Å². The summed E-state index contributed by atoms with van der Waals surface area (Å²) in [5, 5.41) is 31.2. The zero-order valence-electron chi connectivity index (χ0n) is 23.9. The number of aryl methyl sites for hydroxylation is 1. The molecule has 5 rings (SSSR count). The lowest BCUT2D eigenvalue weighted by Crippen LogP contribution is -2.74. The normalized spacial score (nSPS) is 19.4. The Morgan fingerprint density at radius 1 is 1.07 bits per heavy atom. The van der Waals surface area contributed by atoms with Gasteiger partial charge in [-0.1, -0.05) is 37.3 Å². The molecule has 2 unspecified atom stereocenters. The Morgan fingerprint density at radius 3 is 2.48 bits per heavy atom. The number of allylic oxidation sites excluding steroid dienone is 3. The van der Waals surface area contributed by atoms with E-state index in [4.69, 9.17) is 0 Å². The summed E-state index contributed by atoms with van der Waals surface area (Å²) in [7, 11) is 0. The number of anilines is 1. The van der Waals surface area contributed by atoms with Gasteiger partial charge in [0.25, 0.3) is 5.69 Å². The summed E-state index contributed by atoms with van der Waals surface area (Å²) in [6, 6.07) is 19.4. The van der Waals surface area contributed by atoms with Crippen LogP contribution in [-0.4, -0.2) is 40.1 Å². The van der Waals surface area contributed by atoms with Crippen LogP contribution in [0.25, 0.3) is 0 Å². The Morgan fingerprint density at radius 2 is 1.79 bits per heavy atom. The second-order valence-electron chi connectivity index (χ2n) is 11.2. The third kappa shape index (κ3) is 6.28. The summed E-state index contributed by atoms with van der Waals surface area (Å²) < 4.78 is 0. The Hall–Kier alpha value is -4.72. The zero-order chi connectivity index (χ0) is 29.8. The van der Waals surface area contributed by atoms with Crippen molar-refractivity contribution in [2.24, 2.45) is 5.92 Å². The number of carbonyl (C=O) groups is 1. The molecule has 0 bridgehead atoms. The number of carboxylic acid groups (broad SMARTS) is 1. The number of non-ortho nitro benzene ring substituents is 1. The second-order valence-corrected chi connectivity index (χ2v) is 11.2. The van der Waals surface area contributed by atoms with Crippen molar-refractivity contribution in [1.29, 1.82) is 0 Å². The number of nitrogens with one attached hydrogen (secondary N) is 1. The minimum atomic E-state index is -0.920. The van der Waals surface area contributed by atoms with Crippen LogP contribution in [0.15, 0.2) is 90.5 Å². The lowest BCUT2D eigenvalue weighted by molar-refractivity contribution is -0.512. The van der Waals surface area contributed by atoms with E-state index in [1.54, 1.807) is 24.3 Å². The minimum Gasteiger partial charge on any atom is -0.478 e. The van der Waals surface area contributed by atoms with E-state index in [0.29, 0.717) is 17.0 Å². The maximum absolute atomic E-state index is 11.4. The third-order valence-electron chi connectivity index (χ3n) is 8.34. The van der Waals surface area contributed by atoms with Gasteiger partial charge in [0, 0.05) is 49.3 Å². The number of hydrogen-bond donors (Lipinski definition) is 3. The van der Waals surface area contributed by atoms with E-state index in [0.717, 1.165) is 49.2 Å². The van der Waals surface area contributed by atoms with Crippen molar-refractivity contribution < 1.29 is 24.9 Å². The number of fused-ring (bicyclic) bond motifs is 1. The fourth-order valence-electron chi connectivity index (χ4n) is 6.08. The molecule has 1 aliphatic carbocycles. The smallest absolute Gasteiger partial charge is 0.366 e. The topological polar surface area (TPSA) is 118 Å². The molecule has 8 heteroatoms. The molecule has 3 aromatic rings. The average Bonchev–Trinajstić information content (AvgIpc) is 3.17. The van der Waals surface area contributed by atoms with Gasteiger partial charge in [-0.3, -0.25) is 10.1 Å². The Balaban J connectivity index is 1.36. The number of hydrogen-bond acceptors (Lipinski definition) is 4. The van der Waals surface area contributed by atoms with Gasteiger partial charge < -0.3 is 15.1 Å². The molecule has 3 atom stereocenters. The van der Waals surface area contributed by atoms with E-state index in [9.17, 15) is 25.1 Å². The highest BCUT2D eigenvalue weighted by Crippen LogP contribution is 2.38. The standard InChI is InChI=1S/C34H35N3O5/c1-22-6-3-4-7-29(32(22)25-9-11-26(12-10-25)34(39)40)21-36-19-5-8-27-20-28(15-18-31(27)36)33(38)35-23(2)24-13-16-30(17-14-24)37(41)42/h3-4,7,9-18,20,22-23,32H,5-6,8,19,21H2,1-2H3,(H,35,38)(H,39,40)/p+1/t22?,23-,32?/m0/s1. The van der Waals surface area contributed by atoms with Gasteiger partial charge in [-0.25, -0.2) is 9.79 Å². The molecule has 0 amide bonds. The van der Waals surface area contributed by atoms with Gasteiger partial charge in [-0.2, -0.15) is 0 Å². The summed E-state index contributed by atoms with van der Waals surface area (Å²) in [4.78, 5) is 27.5. The summed E-state index contributed by atoms with van der Waals surface area (Å²) in [6.07, 6.45) is 9.42. The molecular weight excluding hydrogens is 530 g/mol. The van der Waals surface area contributed by atoms with Gasteiger partial charge in [0.1, 0.15) is 0 Å². The van der Waals surface area contributed by atoms with Crippen molar-refractivity contribution in [1.82, 2.24) is 0 Å². The minimum absolute atomic E-state index is 0.0332. The maximum atomic E-state index is 11.4. The molecule has 0 aromatic heterocycles. The SMILES string of the molecule is CC1CC=CC=C(CN2CCCc3cc(C(O)=[NH+][C@@H](C)c4ccc([N+](=O)[O-])cc4)ccc32)C1c1ccc(C(=O)O)cc1. The van der Waals surface area contributed by atoms with Gasteiger partial charge in [-0.05, 0) is 84.3 Å². The van der Waals surface area contributed by atoms with Gasteiger partial charge >= 0.3 is 11.9 Å². The van der Waals surface area contributed by atoms with E-state index < -0.39 is 10.9 Å². The number of nitro benzene ring substituents is 1. The molecule has 42 heavy (non-hydrogen) atoms. The summed E-state index contributed by atoms with van der Waals surface area (Å²) in [6.45, 7) is 5.84. The van der Waals surface area contributed by atoms with Crippen molar-refractivity contribution in [2.45, 2.75) is 45.1 Å². The molecule has 1 aliphatic heterocycles. The summed E-state index contributed by atoms with van der Waals surface area (Å²) >= 11 is 0. The lowest BCUT2D eigenvalue weighted by atomic mass is 9.80. The number of aliphatic hydroxyl groups excluding tert-OH is 1. The first-order valence-corrected chi connectivity index (χ1v) is 14.3. The molecule has 8 nitrogen and oxygen atoms in total. The average molecular weight is 567 g/mol. The predicted molar refractivity (Wildman–Crippen MR) is 163 cm³/mol. The first kappa shape index (κ1) is 28.8. The molecule has 0 spiro atoms. The van der Waals surface area contributed by atoms with Crippen molar-refractivity contribution in [3.05, 3.63) is 128 Å². The van der Waals surface area contributed by atoms with Crippen molar-refractivity contribution in [2.75, 3.05) is 18.0 Å². The van der Waals surface area contributed by atoms with E-state index in [-0.39, 0.29) is 23.5 Å². The van der Waals surface area contributed by atoms with Crippen LogP contribution in [0.5, 0.6) is 0 Å².